The van der Waals surface area contributed by atoms with E-state index in [1.54, 1.807) is 0 Å². The van der Waals surface area contributed by atoms with Gasteiger partial charge in [-0.05, 0) is 5.56 Å². The molecule has 12 heavy (non-hydrogen) atoms. The zero-order chi connectivity index (χ0) is 8.97. The molecule has 0 unspecified atom stereocenters. The fraction of sp³-hybridized carbons (Fsp3) is 0.300. The van der Waals surface area contributed by atoms with Crippen molar-refractivity contribution in [2.24, 2.45) is 0 Å². The van der Waals surface area contributed by atoms with E-state index in [0.717, 1.165) is 5.56 Å². The first-order valence-corrected chi connectivity index (χ1v) is 6.57. The van der Waals surface area contributed by atoms with Gasteiger partial charge in [0.15, 0.2) is 0 Å². The van der Waals surface area contributed by atoms with Gasteiger partial charge < -0.3 is 4.79 Å². The number of benzene rings is 1. The molecule has 0 amide bonds. The lowest BCUT2D eigenvalue weighted by molar-refractivity contribution is -0.111. The molecule has 0 fully saturated rings. The Hall–Kier alpha value is -0.893. The lowest BCUT2D eigenvalue weighted by Gasteiger charge is -2.01. The summed E-state index contributed by atoms with van der Waals surface area (Å²) in [5, 5.41) is 0.409. The minimum atomic E-state index is -0.749. The van der Waals surface area contributed by atoms with E-state index >= 15 is 0 Å². The van der Waals surface area contributed by atoms with Gasteiger partial charge in [-0.15, -0.1) is 0 Å². The molecule has 1 aromatic carbocycles. The fourth-order valence-corrected chi connectivity index (χ4v) is 1.52. The van der Waals surface area contributed by atoms with Crippen LogP contribution in [-0.2, 0) is 11.2 Å². The minimum absolute atomic E-state index is 0.409. The van der Waals surface area contributed by atoms with Gasteiger partial charge in [0.1, 0.15) is 14.2 Å². The summed E-state index contributed by atoms with van der Waals surface area (Å²) in [6.45, 7) is 4.08. The third-order valence-corrected chi connectivity index (χ3v) is 3.06. The van der Waals surface area contributed by atoms with E-state index in [4.69, 9.17) is 0 Å². The Morgan fingerprint density at radius 3 is 2.33 bits per heavy atom. The number of rotatable bonds is 3. The number of hydrogen-bond donors (Lipinski definition) is 0. The summed E-state index contributed by atoms with van der Waals surface area (Å²) in [5.74, 6) is 0. The van der Waals surface area contributed by atoms with Crippen LogP contribution in [-0.4, -0.2) is 14.2 Å². The summed E-state index contributed by atoms with van der Waals surface area (Å²) in [6, 6.07) is 9.92. The van der Waals surface area contributed by atoms with E-state index < -0.39 is 8.80 Å². The average molecular weight is 177 g/mol. The van der Waals surface area contributed by atoms with Crippen molar-refractivity contribution in [2.45, 2.75) is 19.5 Å². The Labute approximate surface area is 75.0 Å². The second-order valence-electron chi connectivity index (χ2n) is 3.09. The quantitative estimate of drug-likeness (QED) is 0.646. The molecule has 0 aromatic heterocycles. The maximum absolute atomic E-state index is 11.4. The van der Waals surface area contributed by atoms with E-state index in [0.29, 0.717) is 11.8 Å². The van der Waals surface area contributed by atoms with E-state index in [-0.39, 0.29) is 0 Å². The predicted molar refractivity (Wildman–Crippen MR) is 52.6 cm³/mol. The maximum atomic E-state index is 11.4. The molecule has 0 aliphatic carbocycles. The van der Waals surface area contributed by atoms with Crippen LogP contribution in [0.15, 0.2) is 30.3 Å². The summed E-state index contributed by atoms with van der Waals surface area (Å²) in [7, 11) is -0.749. The van der Waals surface area contributed by atoms with Crippen LogP contribution < -0.4 is 0 Å². The standard InChI is InChI=1S/C10H13OSi/c1-12(2)10(11)8-9-6-4-3-5-7-9/h3-7H,8H2,1-2H3. The van der Waals surface area contributed by atoms with Gasteiger partial charge in [0.05, 0.1) is 0 Å². The number of hydrogen-bond acceptors (Lipinski definition) is 1. The van der Waals surface area contributed by atoms with Gasteiger partial charge >= 0.3 is 0 Å². The molecule has 0 N–H and O–H groups in total. The van der Waals surface area contributed by atoms with Gasteiger partial charge in [-0.25, -0.2) is 0 Å². The Bertz CT molecular complexity index is 254. The van der Waals surface area contributed by atoms with Crippen molar-refractivity contribution in [3.8, 4) is 0 Å². The molecule has 1 aromatic rings. The molecule has 1 rings (SSSR count). The first-order valence-electron chi connectivity index (χ1n) is 4.07. The molecule has 0 spiro atoms. The summed E-state index contributed by atoms with van der Waals surface area (Å²) in [5.41, 5.74) is 1.13. The van der Waals surface area contributed by atoms with E-state index in [9.17, 15) is 4.79 Å². The van der Waals surface area contributed by atoms with E-state index in [1.165, 1.54) is 0 Å². The van der Waals surface area contributed by atoms with E-state index in [2.05, 4.69) is 0 Å². The van der Waals surface area contributed by atoms with Crippen LogP contribution in [0, 0.1) is 0 Å². The Morgan fingerprint density at radius 1 is 1.25 bits per heavy atom. The highest BCUT2D eigenvalue weighted by Crippen LogP contribution is 2.01. The smallest absolute Gasteiger partial charge is 0.128 e. The second kappa shape index (κ2) is 4.21. The zero-order valence-electron chi connectivity index (χ0n) is 7.50. The van der Waals surface area contributed by atoms with Crippen molar-refractivity contribution in [2.75, 3.05) is 0 Å². The normalized spacial score (nSPS) is 10.2. The van der Waals surface area contributed by atoms with Crippen LogP contribution in [0.5, 0.6) is 0 Å². The molecule has 0 bridgehead atoms. The van der Waals surface area contributed by atoms with Gasteiger partial charge in [-0.1, -0.05) is 43.4 Å². The van der Waals surface area contributed by atoms with E-state index in [1.807, 2.05) is 43.4 Å². The molecule has 0 saturated heterocycles. The summed E-state index contributed by atoms with van der Waals surface area (Å²) in [4.78, 5) is 11.4. The molecule has 0 aliphatic heterocycles. The Balaban J connectivity index is 2.59. The topological polar surface area (TPSA) is 17.1 Å². The second-order valence-corrected chi connectivity index (χ2v) is 5.64. The van der Waals surface area contributed by atoms with Crippen molar-refractivity contribution in [3.05, 3.63) is 35.9 Å². The van der Waals surface area contributed by atoms with Crippen LogP contribution in [0.1, 0.15) is 5.56 Å². The first kappa shape index (κ1) is 9.20. The van der Waals surface area contributed by atoms with Gasteiger partial charge in [0, 0.05) is 6.42 Å². The Kier molecular flexibility index (Phi) is 3.23. The largest absolute Gasteiger partial charge is 0.305 e. The van der Waals surface area contributed by atoms with Gasteiger partial charge in [0.2, 0.25) is 0 Å². The van der Waals surface area contributed by atoms with Crippen LogP contribution in [0.3, 0.4) is 0 Å². The molecule has 1 nitrogen and oxygen atoms in total. The third kappa shape index (κ3) is 2.62. The number of carbonyl (C=O) groups is 1. The molecule has 0 heterocycles. The molecule has 63 valence electrons. The highest BCUT2D eigenvalue weighted by atomic mass is 28.3. The number of carbonyl (C=O) groups excluding carboxylic acids is 1. The first-order chi connectivity index (χ1) is 5.70. The van der Waals surface area contributed by atoms with Gasteiger partial charge in [-0.3, -0.25) is 0 Å². The van der Waals surface area contributed by atoms with Crippen LogP contribution >= 0.6 is 0 Å². The molecule has 0 atom stereocenters. The molecular weight excluding hydrogens is 164 g/mol. The molecule has 0 saturated carbocycles. The van der Waals surface area contributed by atoms with Crippen LogP contribution in [0.2, 0.25) is 13.1 Å². The lowest BCUT2D eigenvalue weighted by Crippen LogP contribution is -2.19. The maximum Gasteiger partial charge on any atom is 0.128 e. The lowest BCUT2D eigenvalue weighted by atomic mass is 10.2. The summed E-state index contributed by atoms with van der Waals surface area (Å²) >= 11 is 0. The highest BCUT2D eigenvalue weighted by molar-refractivity contribution is 6.88. The van der Waals surface area contributed by atoms with Crippen molar-refractivity contribution in [1.82, 2.24) is 0 Å². The molecule has 2 heteroatoms. The minimum Gasteiger partial charge on any atom is -0.305 e. The third-order valence-electron chi connectivity index (χ3n) is 1.77. The van der Waals surface area contributed by atoms with Gasteiger partial charge in [-0.2, -0.15) is 0 Å². The van der Waals surface area contributed by atoms with Gasteiger partial charge in [0.25, 0.3) is 0 Å². The van der Waals surface area contributed by atoms with Crippen molar-refractivity contribution < 1.29 is 4.79 Å². The summed E-state index contributed by atoms with van der Waals surface area (Å²) < 4.78 is 0. The summed E-state index contributed by atoms with van der Waals surface area (Å²) in [6.07, 6.45) is 0.613. The van der Waals surface area contributed by atoms with Crippen molar-refractivity contribution in [1.29, 1.82) is 0 Å². The SMILES string of the molecule is C[Si](C)C(=O)Cc1ccccc1. The van der Waals surface area contributed by atoms with Crippen molar-refractivity contribution >= 4 is 14.2 Å². The molecular formula is C10H13OSi. The van der Waals surface area contributed by atoms with Crippen molar-refractivity contribution in [3.63, 3.8) is 0 Å². The van der Waals surface area contributed by atoms with Crippen LogP contribution in [0.25, 0.3) is 0 Å². The molecule has 0 aliphatic rings. The predicted octanol–water partition coefficient (Wildman–Crippen LogP) is 2.09. The average Bonchev–Trinajstić information content (AvgIpc) is 2.06. The zero-order valence-corrected chi connectivity index (χ0v) is 8.50. The fourth-order valence-electron chi connectivity index (χ4n) is 0.958. The highest BCUT2D eigenvalue weighted by Gasteiger charge is 2.08. The monoisotopic (exact) mass is 177 g/mol. The Morgan fingerprint density at radius 2 is 1.83 bits per heavy atom. The molecule has 1 radical (unpaired) electrons. The van der Waals surface area contributed by atoms with Crippen LogP contribution in [0.4, 0.5) is 0 Å².